The highest BCUT2D eigenvalue weighted by molar-refractivity contribution is 6.31. The van der Waals surface area contributed by atoms with Crippen molar-refractivity contribution >= 4 is 11.6 Å². The number of fused-ring (bicyclic) bond motifs is 1. The van der Waals surface area contributed by atoms with E-state index in [9.17, 15) is 0 Å². The van der Waals surface area contributed by atoms with E-state index in [1.165, 1.54) is 6.42 Å². The van der Waals surface area contributed by atoms with E-state index in [4.69, 9.17) is 25.8 Å². The Morgan fingerprint density at radius 3 is 2.48 bits per heavy atom. The molecule has 0 amide bonds. The van der Waals surface area contributed by atoms with E-state index in [1.807, 2.05) is 19.2 Å². The van der Waals surface area contributed by atoms with Crippen LogP contribution in [-0.4, -0.2) is 33.0 Å². The molecule has 1 heterocycles. The maximum absolute atomic E-state index is 6.45. The van der Waals surface area contributed by atoms with Gasteiger partial charge in [0.25, 0.3) is 0 Å². The molecule has 0 saturated heterocycles. The van der Waals surface area contributed by atoms with Crippen molar-refractivity contribution in [2.24, 2.45) is 0 Å². The Morgan fingerprint density at radius 2 is 1.95 bits per heavy atom. The zero-order valence-electron chi connectivity index (χ0n) is 12.6. The second-order valence-corrected chi connectivity index (χ2v) is 6.21. The molecular weight excluding hydrogens is 290 g/mol. The van der Waals surface area contributed by atoms with Gasteiger partial charge in [-0.2, -0.15) is 0 Å². The zero-order chi connectivity index (χ0) is 14.9. The Kier molecular flexibility index (Phi) is 4.29. The summed E-state index contributed by atoms with van der Waals surface area (Å²) in [5.74, 6) is 1.51. The summed E-state index contributed by atoms with van der Waals surface area (Å²) < 4.78 is 17.0. The summed E-state index contributed by atoms with van der Waals surface area (Å²) in [5, 5.41) is 4.08. The number of ether oxygens (including phenoxy) is 3. The highest BCUT2D eigenvalue weighted by atomic mass is 35.5. The summed E-state index contributed by atoms with van der Waals surface area (Å²) in [5.41, 5.74) is 1.04. The Bertz CT molecular complexity index is 511. The average Bonchev–Trinajstić information content (AvgIpc) is 2.47. The van der Waals surface area contributed by atoms with E-state index in [1.54, 1.807) is 7.11 Å². The van der Waals surface area contributed by atoms with Crippen molar-refractivity contribution in [2.75, 3.05) is 27.4 Å². The number of hydrogen-bond acceptors (Lipinski definition) is 4. The molecule has 1 saturated carbocycles. The van der Waals surface area contributed by atoms with Gasteiger partial charge in [0.15, 0.2) is 11.5 Å². The third-order valence-electron chi connectivity index (χ3n) is 4.66. The fraction of sp³-hybridized carbons (Fsp3) is 0.625. The molecule has 1 aliphatic heterocycles. The predicted octanol–water partition coefficient (Wildman–Crippen LogP) is 3.33. The molecule has 1 N–H and O–H groups in total. The summed E-state index contributed by atoms with van der Waals surface area (Å²) in [4.78, 5) is 0. The van der Waals surface area contributed by atoms with Crippen molar-refractivity contribution < 1.29 is 14.2 Å². The molecule has 0 aromatic heterocycles. The van der Waals surface area contributed by atoms with Gasteiger partial charge in [-0.3, -0.25) is 0 Å². The average molecular weight is 312 g/mol. The van der Waals surface area contributed by atoms with Crippen LogP contribution in [0.15, 0.2) is 12.1 Å². The van der Waals surface area contributed by atoms with E-state index in [0.29, 0.717) is 18.2 Å². The van der Waals surface area contributed by atoms with Crippen LogP contribution < -0.4 is 14.8 Å². The van der Waals surface area contributed by atoms with Crippen LogP contribution in [0.2, 0.25) is 5.02 Å². The molecule has 1 atom stereocenters. The lowest BCUT2D eigenvalue weighted by Crippen LogP contribution is -2.42. The van der Waals surface area contributed by atoms with Gasteiger partial charge in [-0.25, -0.2) is 0 Å². The van der Waals surface area contributed by atoms with E-state index < -0.39 is 0 Å². The molecule has 1 aromatic carbocycles. The van der Waals surface area contributed by atoms with Crippen LogP contribution in [0, 0.1) is 0 Å². The Balaban J connectivity index is 1.86. The maximum atomic E-state index is 6.45. The predicted molar refractivity (Wildman–Crippen MR) is 82.5 cm³/mol. The SMILES string of the molecule is CNC(CC1(OC)CCC1)c1cc2c(cc1Cl)OCCO2. The Morgan fingerprint density at radius 1 is 1.29 bits per heavy atom. The largest absolute Gasteiger partial charge is 0.486 e. The standard InChI is InChI=1S/C16H22ClNO3/c1-18-13(10-16(19-2)4-3-5-16)11-8-14-15(9-12(11)17)21-7-6-20-14/h8-9,13,18H,3-7,10H2,1-2H3. The molecule has 116 valence electrons. The van der Waals surface area contributed by atoms with Gasteiger partial charge < -0.3 is 19.5 Å². The third-order valence-corrected chi connectivity index (χ3v) is 4.99. The van der Waals surface area contributed by atoms with Gasteiger partial charge in [0, 0.05) is 24.2 Å². The summed E-state index contributed by atoms with van der Waals surface area (Å²) >= 11 is 6.45. The summed E-state index contributed by atoms with van der Waals surface area (Å²) in [6.07, 6.45) is 4.38. The minimum Gasteiger partial charge on any atom is -0.486 e. The van der Waals surface area contributed by atoms with Gasteiger partial charge >= 0.3 is 0 Å². The number of nitrogens with one attached hydrogen (secondary N) is 1. The first-order valence-electron chi connectivity index (χ1n) is 7.49. The van der Waals surface area contributed by atoms with Gasteiger partial charge in [0.05, 0.1) is 5.60 Å². The monoisotopic (exact) mass is 311 g/mol. The molecular formula is C16H22ClNO3. The fourth-order valence-electron chi connectivity index (χ4n) is 3.15. The molecule has 1 fully saturated rings. The van der Waals surface area contributed by atoms with E-state index in [2.05, 4.69) is 5.32 Å². The minimum absolute atomic E-state index is 0.00966. The minimum atomic E-state index is -0.00966. The molecule has 4 nitrogen and oxygen atoms in total. The highest BCUT2D eigenvalue weighted by Crippen LogP contribution is 2.44. The normalized spacial score (nSPS) is 20.7. The first kappa shape index (κ1) is 14.9. The molecule has 1 aromatic rings. The topological polar surface area (TPSA) is 39.7 Å². The van der Waals surface area contributed by atoms with Gasteiger partial charge in [-0.05, 0) is 44.4 Å². The second kappa shape index (κ2) is 6.03. The summed E-state index contributed by atoms with van der Waals surface area (Å²) in [6.45, 7) is 1.16. The van der Waals surface area contributed by atoms with Crippen molar-refractivity contribution in [2.45, 2.75) is 37.3 Å². The van der Waals surface area contributed by atoms with Crippen molar-refractivity contribution in [3.8, 4) is 11.5 Å². The Labute approximate surface area is 130 Å². The van der Waals surface area contributed by atoms with Crippen LogP contribution in [0.1, 0.15) is 37.3 Å². The number of methoxy groups -OCH3 is 1. The highest BCUT2D eigenvalue weighted by Gasteiger charge is 2.39. The number of benzene rings is 1. The maximum Gasteiger partial charge on any atom is 0.162 e. The number of hydrogen-bond donors (Lipinski definition) is 1. The Hall–Kier alpha value is -0.970. The van der Waals surface area contributed by atoms with Gasteiger partial charge in [-0.1, -0.05) is 11.6 Å². The molecule has 5 heteroatoms. The first-order valence-corrected chi connectivity index (χ1v) is 7.87. The van der Waals surface area contributed by atoms with E-state index in [0.717, 1.165) is 36.3 Å². The van der Waals surface area contributed by atoms with Crippen LogP contribution in [0.4, 0.5) is 0 Å². The third kappa shape index (κ3) is 2.85. The number of rotatable bonds is 5. The van der Waals surface area contributed by atoms with Crippen molar-refractivity contribution in [1.29, 1.82) is 0 Å². The molecule has 0 radical (unpaired) electrons. The fourth-order valence-corrected chi connectivity index (χ4v) is 3.43. The van der Waals surface area contributed by atoms with E-state index >= 15 is 0 Å². The zero-order valence-corrected chi connectivity index (χ0v) is 13.3. The molecule has 0 spiro atoms. The van der Waals surface area contributed by atoms with Crippen LogP contribution in [-0.2, 0) is 4.74 Å². The lowest BCUT2D eigenvalue weighted by Gasteiger charge is -2.43. The van der Waals surface area contributed by atoms with Crippen LogP contribution >= 0.6 is 11.6 Å². The summed E-state index contributed by atoms with van der Waals surface area (Å²) in [6, 6.07) is 4.00. The van der Waals surface area contributed by atoms with Crippen LogP contribution in [0.25, 0.3) is 0 Å². The lowest BCUT2D eigenvalue weighted by molar-refractivity contribution is -0.0834. The van der Waals surface area contributed by atoms with Crippen LogP contribution in [0.5, 0.6) is 11.5 Å². The summed E-state index contributed by atoms with van der Waals surface area (Å²) in [7, 11) is 3.76. The van der Waals surface area contributed by atoms with Crippen molar-refractivity contribution in [3.05, 3.63) is 22.7 Å². The number of halogens is 1. The molecule has 0 bridgehead atoms. The molecule has 1 aliphatic carbocycles. The van der Waals surface area contributed by atoms with Crippen molar-refractivity contribution in [1.82, 2.24) is 5.32 Å². The lowest BCUT2D eigenvalue weighted by atomic mass is 9.74. The smallest absolute Gasteiger partial charge is 0.162 e. The molecule has 21 heavy (non-hydrogen) atoms. The van der Waals surface area contributed by atoms with Crippen molar-refractivity contribution in [3.63, 3.8) is 0 Å². The molecule has 3 rings (SSSR count). The quantitative estimate of drug-likeness (QED) is 0.905. The second-order valence-electron chi connectivity index (χ2n) is 5.80. The van der Waals surface area contributed by atoms with Crippen LogP contribution in [0.3, 0.4) is 0 Å². The van der Waals surface area contributed by atoms with Gasteiger partial charge in [-0.15, -0.1) is 0 Å². The van der Waals surface area contributed by atoms with Gasteiger partial charge in [0.1, 0.15) is 13.2 Å². The molecule has 2 aliphatic rings. The first-order chi connectivity index (χ1) is 10.2. The van der Waals surface area contributed by atoms with E-state index in [-0.39, 0.29) is 11.6 Å². The molecule has 1 unspecified atom stereocenters. The van der Waals surface area contributed by atoms with Gasteiger partial charge in [0.2, 0.25) is 0 Å².